The minimum atomic E-state index is -0.422. The second-order valence-electron chi connectivity index (χ2n) is 7.58. The van der Waals surface area contributed by atoms with Gasteiger partial charge in [0.2, 0.25) is 18.6 Å². The van der Waals surface area contributed by atoms with E-state index in [0.717, 1.165) is 17.1 Å². The van der Waals surface area contributed by atoms with Crippen molar-refractivity contribution in [2.45, 2.75) is 37.6 Å². The van der Waals surface area contributed by atoms with Gasteiger partial charge in [-0.2, -0.15) is 0 Å². The number of carbonyl (C=O) groups excluding carboxylic acids is 2. The molecule has 8 nitrogen and oxygen atoms in total. The summed E-state index contributed by atoms with van der Waals surface area (Å²) in [6.07, 6.45) is 6.04. The Bertz CT molecular complexity index is 905. The van der Waals surface area contributed by atoms with Gasteiger partial charge < -0.3 is 24.8 Å². The van der Waals surface area contributed by atoms with Gasteiger partial charge in [-0.3, -0.25) is 14.6 Å². The van der Waals surface area contributed by atoms with Gasteiger partial charge in [-0.25, -0.2) is 0 Å². The van der Waals surface area contributed by atoms with Gasteiger partial charge in [-0.1, -0.05) is 6.07 Å². The van der Waals surface area contributed by atoms with Crippen LogP contribution in [0.25, 0.3) is 0 Å². The van der Waals surface area contributed by atoms with Crippen molar-refractivity contribution < 1.29 is 23.8 Å². The van der Waals surface area contributed by atoms with Crippen LogP contribution in [-0.2, 0) is 16.0 Å². The van der Waals surface area contributed by atoms with Crippen LogP contribution in [0.3, 0.4) is 0 Å². The van der Waals surface area contributed by atoms with Crippen molar-refractivity contribution in [1.29, 1.82) is 0 Å². The number of pyridine rings is 1. The first kappa shape index (κ1) is 20.0. The fourth-order valence-electron chi connectivity index (χ4n) is 3.86. The van der Waals surface area contributed by atoms with E-state index in [4.69, 9.17) is 14.2 Å². The van der Waals surface area contributed by atoms with Crippen LogP contribution in [0.1, 0.15) is 31.2 Å². The number of hydrogen-bond donors (Lipinski definition) is 2. The molecule has 8 heteroatoms. The van der Waals surface area contributed by atoms with E-state index in [1.807, 2.05) is 24.3 Å². The van der Waals surface area contributed by atoms with Gasteiger partial charge in [0.25, 0.3) is 0 Å². The summed E-state index contributed by atoms with van der Waals surface area (Å²) in [5.41, 5.74) is 0.626. The summed E-state index contributed by atoms with van der Waals surface area (Å²) in [7, 11) is 0. The molecule has 1 aromatic heterocycles. The Hall–Kier alpha value is -3.29. The Kier molecular flexibility index (Phi) is 6.02. The molecule has 0 aliphatic carbocycles. The normalized spacial score (nSPS) is 19.4. The van der Waals surface area contributed by atoms with Gasteiger partial charge in [-0.15, -0.1) is 0 Å². The van der Waals surface area contributed by atoms with Crippen molar-refractivity contribution in [3.63, 3.8) is 0 Å². The highest BCUT2D eigenvalue weighted by Crippen LogP contribution is 2.35. The topological polar surface area (TPSA) is 98.8 Å². The maximum absolute atomic E-state index is 12.3. The molecule has 0 saturated carbocycles. The SMILES string of the molecule is O=C(CCC1(Cc2ccc3c(c2)OCO3)CCC(=O)N1)NCCOc1cccnc1. The van der Waals surface area contributed by atoms with Crippen LogP contribution in [0, 0.1) is 0 Å². The highest BCUT2D eigenvalue weighted by Gasteiger charge is 2.38. The van der Waals surface area contributed by atoms with E-state index in [2.05, 4.69) is 15.6 Å². The monoisotopic (exact) mass is 411 g/mol. The molecule has 1 aromatic carbocycles. The Morgan fingerprint density at radius 2 is 2.17 bits per heavy atom. The largest absolute Gasteiger partial charge is 0.490 e. The lowest BCUT2D eigenvalue weighted by atomic mass is 9.85. The summed E-state index contributed by atoms with van der Waals surface area (Å²) in [4.78, 5) is 28.2. The molecule has 0 bridgehead atoms. The number of nitrogens with one attached hydrogen (secondary N) is 2. The van der Waals surface area contributed by atoms with Crippen LogP contribution >= 0.6 is 0 Å². The van der Waals surface area contributed by atoms with E-state index >= 15 is 0 Å². The Morgan fingerprint density at radius 3 is 2.97 bits per heavy atom. The lowest BCUT2D eigenvalue weighted by Crippen LogP contribution is -2.44. The van der Waals surface area contributed by atoms with E-state index in [1.165, 1.54) is 0 Å². The molecule has 4 rings (SSSR count). The van der Waals surface area contributed by atoms with Crippen LogP contribution in [0.4, 0.5) is 0 Å². The number of ether oxygens (including phenoxy) is 3. The summed E-state index contributed by atoms with van der Waals surface area (Å²) in [6, 6.07) is 9.43. The van der Waals surface area contributed by atoms with Crippen molar-refractivity contribution in [1.82, 2.24) is 15.6 Å². The maximum atomic E-state index is 12.3. The molecule has 1 unspecified atom stereocenters. The molecule has 2 aliphatic heterocycles. The van der Waals surface area contributed by atoms with Gasteiger partial charge in [0.1, 0.15) is 12.4 Å². The van der Waals surface area contributed by atoms with Crippen LogP contribution < -0.4 is 24.8 Å². The standard InChI is InChI=1S/C22H25N3O5/c26-20(24-10-11-28-17-2-1-9-23-14-17)5-7-22(8-6-21(27)25-22)13-16-3-4-18-19(12-16)30-15-29-18/h1-4,9,12,14H,5-8,10-11,13,15H2,(H,24,26)(H,25,27). The molecule has 1 saturated heterocycles. The van der Waals surface area contributed by atoms with Crippen molar-refractivity contribution >= 4 is 11.8 Å². The Balaban J connectivity index is 1.27. The molecule has 3 heterocycles. The third-order valence-corrected chi connectivity index (χ3v) is 5.37. The number of rotatable bonds is 9. The minimum absolute atomic E-state index is 0.0287. The van der Waals surface area contributed by atoms with Gasteiger partial charge in [0.15, 0.2) is 11.5 Å². The van der Waals surface area contributed by atoms with Crippen LogP contribution in [0.15, 0.2) is 42.7 Å². The zero-order valence-electron chi connectivity index (χ0n) is 16.7. The Morgan fingerprint density at radius 1 is 1.27 bits per heavy atom. The summed E-state index contributed by atoms with van der Waals surface area (Å²) in [6.45, 7) is 1.01. The summed E-state index contributed by atoms with van der Waals surface area (Å²) in [5.74, 6) is 2.09. The number of aromatic nitrogens is 1. The lowest BCUT2D eigenvalue weighted by Gasteiger charge is -2.29. The number of hydrogen-bond acceptors (Lipinski definition) is 6. The average Bonchev–Trinajstić information content (AvgIpc) is 3.37. The molecule has 2 N–H and O–H groups in total. The maximum Gasteiger partial charge on any atom is 0.231 e. The van der Waals surface area contributed by atoms with Crippen LogP contribution in [0.2, 0.25) is 0 Å². The second-order valence-corrected chi connectivity index (χ2v) is 7.58. The molecule has 2 aromatic rings. The van der Waals surface area contributed by atoms with Crippen molar-refractivity contribution in [2.24, 2.45) is 0 Å². The highest BCUT2D eigenvalue weighted by atomic mass is 16.7. The second kappa shape index (κ2) is 9.02. The molecule has 2 aliphatic rings. The molecule has 0 spiro atoms. The number of benzene rings is 1. The lowest BCUT2D eigenvalue weighted by molar-refractivity contribution is -0.122. The van der Waals surface area contributed by atoms with E-state index in [9.17, 15) is 9.59 Å². The number of nitrogens with zero attached hydrogens (tertiary/aromatic N) is 1. The first-order valence-electron chi connectivity index (χ1n) is 10.1. The van der Waals surface area contributed by atoms with E-state index in [1.54, 1.807) is 18.5 Å². The smallest absolute Gasteiger partial charge is 0.231 e. The van der Waals surface area contributed by atoms with E-state index in [0.29, 0.717) is 51.0 Å². The molecular weight excluding hydrogens is 386 g/mol. The molecule has 1 atom stereocenters. The van der Waals surface area contributed by atoms with Crippen molar-refractivity contribution in [3.8, 4) is 17.2 Å². The molecule has 30 heavy (non-hydrogen) atoms. The minimum Gasteiger partial charge on any atom is -0.490 e. The van der Waals surface area contributed by atoms with Crippen LogP contribution in [-0.4, -0.2) is 42.3 Å². The van der Waals surface area contributed by atoms with Crippen molar-refractivity contribution in [2.75, 3.05) is 19.9 Å². The van der Waals surface area contributed by atoms with Crippen LogP contribution in [0.5, 0.6) is 17.2 Å². The third kappa shape index (κ3) is 5.00. The predicted octanol–water partition coefficient (Wildman–Crippen LogP) is 1.98. The van der Waals surface area contributed by atoms with E-state index < -0.39 is 5.54 Å². The van der Waals surface area contributed by atoms with E-state index in [-0.39, 0.29) is 18.6 Å². The molecule has 1 fully saturated rings. The highest BCUT2D eigenvalue weighted by molar-refractivity contribution is 5.80. The summed E-state index contributed by atoms with van der Waals surface area (Å²) >= 11 is 0. The number of carbonyl (C=O) groups is 2. The fraction of sp³-hybridized carbons (Fsp3) is 0.409. The summed E-state index contributed by atoms with van der Waals surface area (Å²) in [5, 5.41) is 5.97. The molecule has 2 amide bonds. The summed E-state index contributed by atoms with van der Waals surface area (Å²) < 4.78 is 16.3. The molecular formula is C22H25N3O5. The predicted molar refractivity (Wildman–Crippen MR) is 108 cm³/mol. The van der Waals surface area contributed by atoms with Gasteiger partial charge in [0, 0.05) is 24.6 Å². The quantitative estimate of drug-likeness (QED) is 0.612. The Labute approximate surface area is 174 Å². The van der Waals surface area contributed by atoms with Gasteiger partial charge >= 0.3 is 0 Å². The zero-order valence-corrected chi connectivity index (χ0v) is 16.7. The number of amides is 2. The molecule has 0 radical (unpaired) electrons. The van der Waals surface area contributed by atoms with Gasteiger partial charge in [0.05, 0.1) is 12.7 Å². The molecule has 158 valence electrons. The zero-order chi connectivity index (χ0) is 20.8. The first-order chi connectivity index (χ1) is 14.6. The fourth-order valence-corrected chi connectivity index (χ4v) is 3.86. The number of fused-ring (bicyclic) bond motifs is 1. The van der Waals surface area contributed by atoms with Crippen molar-refractivity contribution in [3.05, 3.63) is 48.3 Å². The first-order valence-corrected chi connectivity index (χ1v) is 10.1. The average molecular weight is 411 g/mol. The third-order valence-electron chi connectivity index (χ3n) is 5.37. The van der Waals surface area contributed by atoms with Gasteiger partial charge in [-0.05, 0) is 49.1 Å².